The second-order valence-corrected chi connectivity index (χ2v) is 5.55. The van der Waals surface area contributed by atoms with Gasteiger partial charge in [0.1, 0.15) is 19.0 Å². The Hall–Kier alpha value is -1.75. The molecule has 20 heavy (non-hydrogen) atoms. The Kier molecular flexibility index (Phi) is 3.78. The lowest BCUT2D eigenvalue weighted by Crippen LogP contribution is -2.16. The normalized spacial score (nSPS) is 13.1. The third-order valence-electron chi connectivity index (χ3n) is 3.19. The van der Waals surface area contributed by atoms with Crippen LogP contribution in [-0.2, 0) is 6.54 Å². The standard InChI is InChI=1S/C15H15BrN2O2/c1-10-6-13-14(20-5-4-19-13)7-11(10)8-17-15-3-2-12(16)9-18-15/h2-3,6-7,9H,4-5,8H2,1H3,(H,17,18). The summed E-state index contributed by atoms with van der Waals surface area (Å²) in [4.78, 5) is 4.30. The molecular weight excluding hydrogens is 320 g/mol. The maximum atomic E-state index is 5.61. The van der Waals surface area contributed by atoms with Crippen molar-refractivity contribution >= 4 is 21.7 Å². The quantitative estimate of drug-likeness (QED) is 0.932. The van der Waals surface area contributed by atoms with Gasteiger partial charge in [0.15, 0.2) is 11.5 Å². The van der Waals surface area contributed by atoms with Crippen LogP contribution in [-0.4, -0.2) is 18.2 Å². The SMILES string of the molecule is Cc1cc2c(cc1CNc1ccc(Br)cn1)OCCO2. The number of aromatic nitrogens is 1. The minimum absolute atomic E-state index is 0.608. The first-order valence-corrected chi connectivity index (χ1v) is 7.26. The smallest absolute Gasteiger partial charge is 0.161 e. The number of ether oxygens (including phenoxy) is 2. The van der Waals surface area contributed by atoms with Crippen molar-refractivity contribution in [2.24, 2.45) is 0 Å². The number of nitrogens with one attached hydrogen (secondary N) is 1. The maximum absolute atomic E-state index is 5.61. The average molecular weight is 335 g/mol. The first-order chi connectivity index (χ1) is 9.72. The number of aryl methyl sites for hydroxylation is 1. The van der Waals surface area contributed by atoms with E-state index >= 15 is 0 Å². The van der Waals surface area contributed by atoms with Gasteiger partial charge in [0, 0.05) is 17.2 Å². The molecule has 0 atom stereocenters. The van der Waals surface area contributed by atoms with E-state index in [0.29, 0.717) is 19.8 Å². The molecule has 0 radical (unpaired) electrons. The second kappa shape index (κ2) is 5.71. The molecule has 2 aromatic rings. The minimum atomic E-state index is 0.608. The summed E-state index contributed by atoms with van der Waals surface area (Å²) in [6.45, 7) is 4.01. The number of hydrogen-bond acceptors (Lipinski definition) is 4. The molecule has 1 aromatic heterocycles. The van der Waals surface area contributed by atoms with Gasteiger partial charge < -0.3 is 14.8 Å². The third kappa shape index (κ3) is 2.88. The minimum Gasteiger partial charge on any atom is -0.486 e. The fourth-order valence-corrected chi connectivity index (χ4v) is 2.32. The first-order valence-electron chi connectivity index (χ1n) is 6.47. The second-order valence-electron chi connectivity index (χ2n) is 4.64. The van der Waals surface area contributed by atoms with E-state index in [2.05, 4.69) is 33.2 Å². The van der Waals surface area contributed by atoms with E-state index in [1.807, 2.05) is 24.3 Å². The zero-order valence-electron chi connectivity index (χ0n) is 11.1. The van der Waals surface area contributed by atoms with Gasteiger partial charge in [-0.25, -0.2) is 4.98 Å². The van der Waals surface area contributed by atoms with Crippen LogP contribution in [0, 0.1) is 6.92 Å². The van der Waals surface area contributed by atoms with Crippen LogP contribution in [0.15, 0.2) is 34.9 Å². The molecule has 2 heterocycles. The summed E-state index contributed by atoms with van der Waals surface area (Å²) >= 11 is 3.37. The first kappa shape index (κ1) is 13.2. The molecule has 4 nitrogen and oxygen atoms in total. The molecule has 0 unspecified atom stereocenters. The van der Waals surface area contributed by atoms with E-state index in [0.717, 1.165) is 21.8 Å². The van der Waals surface area contributed by atoms with Crippen molar-refractivity contribution in [2.75, 3.05) is 18.5 Å². The lowest BCUT2D eigenvalue weighted by atomic mass is 10.1. The van der Waals surface area contributed by atoms with Crippen LogP contribution in [0.1, 0.15) is 11.1 Å². The summed E-state index contributed by atoms with van der Waals surface area (Å²) < 4.78 is 12.2. The predicted octanol–water partition coefficient (Wildman–Crippen LogP) is 3.54. The van der Waals surface area contributed by atoms with Crippen molar-refractivity contribution in [3.63, 3.8) is 0 Å². The Morgan fingerprint density at radius 3 is 2.65 bits per heavy atom. The van der Waals surface area contributed by atoms with Crippen molar-refractivity contribution in [1.29, 1.82) is 0 Å². The Morgan fingerprint density at radius 1 is 1.20 bits per heavy atom. The average Bonchev–Trinajstić information content (AvgIpc) is 2.47. The highest BCUT2D eigenvalue weighted by Gasteiger charge is 2.14. The number of fused-ring (bicyclic) bond motifs is 1. The monoisotopic (exact) mass is 334 g/mol. The molecule has 0 bridgehead atoms. The Morgan fingerprint density at radius 2 is 1.95 bits per heavy atom. The number of anilines is 1. The van der Waals surface area contributed by atoms with E-state index in [-0.39, 0.29) is 0 Å². The van der Waals surface area contributed by atoms with Crippen molar-refractivity contribution in [2.45, 2.75) is 13.5 Å². The van der Waals surface area contributed by atoms with Crippen LogP contribution in [0.4, 0.5) is 5.82 Å². The zero-order valence-corrected chi connectivity index (χ0v) is 12.7. The molecular formula is C15H15BrN2O2. The van der Waals surface area contributed by atoms with Crippen molar-refractivity contribution in [3.05, 3.63) is 46.1 Å². The molecule has 1 N–H and O–H groups in total. The topological polar surface area (TPSA) is 43.4 Å². The van der Waals surface area contributed by atoms with Crippen LogP contribution in [0.25, 0.3) is 0 Å². The molecule has 3 rings (SSSR count). The summed E-state index contributed by atoms with van der Waals surface area (Å²) in [5.74, 6) is 2.50. The molecule has 0 saturated heterocycles. The van der Waals surface area contributed by atoms with Gasteiger partial charge in [0.05, 0.1) is 0 Å². The summed E-state index contributed by atoms with van der Waals surface area (Å²) in [5.41, 5.74) is 2.36. The van der Waals surface area contributed by atoms with Gasteiger partial charge in [-0.2, -0.15) is 0 Å². The highest BCUT2D eigenvalue weighted by atomic mass is 79.9. The van der Waals surface area contributed by atoms with Gasteiger partial charge in [-0.15, -0.1) is 0 Å². The lowest BCUT2D eigenvalue weighted by molar-refractivity contribution is 0.171. The predicted molar refractivity (Wildman–Crippen MR) is 81.4 cm³/mol. The Labute approximate surface area is 126 Å². The number of pyridine rings is 1. The van der Waals surface area contributed by atoms with Gasteiger partial charge >= 0.3 is 0 Å². The fourth-order valence-electron chi connectivity index (χ4n) is 2.09. The van der Waals surface area contributed by atoms with E-state index < -0.39 is 0 Å². The molecule has 104 valence electrons. The summed E-state index contributed by atoms with van der Waals surface area (Å²) in [6.07, 6.45) is 1.78. The van der Waals surface area contributed by atoms with Crippen LogP contribution in [0.2, 0.25) is 0 Å². The van der Waals surface area contributed by atoms with E-state index in [9.17, 15) is 0 Å². The number of nitrogens with zero attached hydrogens (tertiary/aromatic N) is 1. The highest BCUT2D eigenvalue weighted by molar-refractivity contribution is 9.10. The highest BCUT2D eigenvalue weighted by Crippen LogP contribution is 2.33. The molecule has 1 aromatic carbocycles. The molecule has 0 spiro atoms. The van der Waals surface area contributed by atoms with Crippen LogP contribution in [0.5, 0.6) is 11.5 Å². The third-order valence-corrected chi connectivity index (χ3v) is 3.66. The van der Waals surface area contributed by atoms with E-state index in [1.54, 1.807) is 6.20 Å². The van der Waals surface area contributed by atoms with Crippen LogP contribution in [0.3, 0.4) is 0 Å². The van der Waals surface area contributed by atoms with Crippen molar-refractivity contribution in [1.82, 2.24) is 4.98 Å². The number of benzene rings is 1. The lowest BCUT2D eigenvalue weighted by Gasteiger charge is -2.20. The Bertz CT molecular complexity index is 614. The number of halogens is 1. The fraction of sp³-hybridized carbons (Fsp3) is 0.267. The molecule has 1 aliphatic rings. The molecule has 0 fully saturated rings. The van der Waals surface area contributed by atoms with Gasteiger partial charge in [-0.3, -0.25) is 0 Å². The van der Waals surface area contributed by atoms with Crippen LogP contribution < -0.4 is 14.8 Å². The van der Waals surface area contributed by atoms with Crippen molar-refractivity contribution in [3.8, 4) is 11.5 Å². The summed E-state index contributed by atoms with van der Waals surface area (Å²) in [5, 5.41) is 3.31. The van der Waals surface area contributed by atoms with E-state index in [4.69, 9.17) is 9.47 Å². The summed E-state index contributed by atoms with van der Waals surface area (Å²) in [7, 11) is 0. The maximum Gasteiger partial charge on any atom is 0.161 e. The number of rotatable bonds is 3. The van der Waals surface area contributed by atoms with Gasteiger partial charge in [0.2, 0.25) is 0 Å². The molecule has 0 aliphatic carbocycles. The summed E-state index contributed by atoms with van der Waals surface area (Å²) in [6, 6.07) is 7.97. The van der Waals surface area contributed by atoms with Crippen LogP contribution >= 0.6 is 15.9 Å². The van der Waals surface area contributed by atoms with Crippen molar-refractivity contribution < 1.29 is 9.47 Å². The zero-order chi connectivity index (χ0) is 13.9. The molecule has 5 heteroatoms. The number of hydrogen-bond donors (Lipinski definition) is 1. The van der Waals surface area contributed by atoms with Gasteiger partial charge in [0.25, 0.3) is 0 Å². The molecule has 0 saturated carbocycles. The van der Waals surface area contributed by atoms with Gasteiger partial charge in [-0.1, -0.05) is 0 Å². The molecule has 1 aliphatic heterocycles. The largest absolute Gasteiger partial charge is 0.486 e. The van der Waals surface area contributed by atoms with Gasteiger partial charge in [-0.05, 0) is 58.2 Å². The Balaban J connectivity index is 1.75. The molecule has 0 amide bonds. The van der Waals surface area contributed by atoms with E-state index in [1.165, 1.54) is 11.1 Å².